The summed E-state index contributed by atoms with van der Waals surface area (Å²) < 4.78 is 5.83. The molecule has 0 radical (unpaired) electrons. The molecule has 0 aliphatic carbocycles. The summed E-state index contributed by atoms with van der Waals surface area (Å²) in [5.74, 6) is -0.753. The second kappa shape index (κ2) is 13.7. The highest BCUT2D eigenvalue weighted by molar-refractivity contribution is 6.30. The molecule has 3 heterocycles. The number of aromatic nitrogens is 2. The SMILES string of the molecule is O=C(/C=C/c1ccc(Cl)cc1)N[C@@H](Cc1ccccn1)C(=O)NCC(=O)N1CC[C@H](Oc2ccc(Cl)cn2)C1. The highest BCUT2D eigenvalue weighted by atomic mass is 35.5. The second-order valence-electron chi connectivity index (χ2n) is 8.87. The number of benzene rings is 1. The Labute approximate surface area is 236 Å². The number of nitrogens with one attached hydrogen (secondary N) is 2. The van der Waals surface area contributed by atoms with Gasteiger partial charge in [0.15, 0.2) is 0 Å². The van der Waals surface area contributed by atoms with Gasteiger partial charge in [-0.3, -0.25) is 19.4 Å². The minimum absolute atomic E-state index is 0.162. The molecule has 2 N–H and O–H groups in total. The van der Waals surface area contributed by atoms with E-state index in [-0.39, 0.29) is 25.0 Å². The average molecular weight is 568 g/mol. The normalized spacial score (nSPS) is 15.6. The van der Waals surface area contributed by atoms with Crippen molar-refractivity contribution in [3.8, 4) is 5.88 Å². The molecule has 1 aliphatic heterocycles. The van der Waals surface area contributed by atoms with Gasteiger partial charge in [-0.2, -0.15) is 0 Å². The first kappa shape index (κ1) is 28.1. The molecule has 1 saturated heterocycles. The fourth-order valence-corrected chi connectivity index (χ4v) is 4.19. The van der Waals surface area contributed by atoms with Crippen LogP contribution < -0.4 is 15.4 Å². The van der Waals surface area contributed by atoms with Gasteiger partial charge in [-0.05, 0) is 42.0 Å². The lowest BCUT2D eigenvalue weighted by Gasteiger charge is -2.20. The van der Waals surface area contributed by atoms with Crippen LogP contribution in [0, 0.1) is 0 Å². The Bertz CT molecular complexity index is 1300. The van der Waals surface area contributed by atoms with Crippen LogP contribution in [-0.2, 0) is 20.8 Å². The quantitative estimate of drug-likeness (QED) is 0.363. The maximum atomic E-state index is 13.0. The molecule has 0 saturated carbocycles. The third-order valence-electron chi connectivity index (χ3n) is 5.97. The highest BCUT2D eigenvalue weighted by Gasteiger charge is 2.29. The summed E-state index contributed by atoms with van der Waals surface area (Å²) in [6, 6.07) is 14.7. The van der Waals surface area contributed by atoms with E-state index in [1.165, 1.54) is 12.3 Å². The van der Waals surface area contributed by atoms with E-state index in [0.717, 1.165) is 5.56 Å². The van der Waals surface area contributed by atoms with Crippen LogP contribution in [0.15, 0.2) is 73.1 Å². The monoisotopic (exact) mass is 567 g/mol. The first-order chi connectivity index (χ1) is 18.9. The number of likely N-dealkylation sites (tertiary alicyclic amines) is 1. The molecular formula is C28H27Cl2N5O4. The van der Waals surface area contributed by atoms with E-state index >= 15 is 0 Å². The predicted octanol–water partition coefficient (Wildman–Crippen LogP) is 3.32. The maximum Gasteiger partial charge on any atom is 0.244 e. The zero-order chi connectivity index (χ0) is 27.6. The summed E-state index contributed by atoms with van der Waals surface area (Å²) in [5, 5.41) is 6.47. The van der Waals surface area contributed by atoms with Gasteiger partial charge in [-0.15, -0.1) is 0 Å². The Kier molecular flexibility index (Phi) is 9.88. The van der Waals surface area contributed by atoms with Crippen LogP contribution in [0.2, 0.25) is 10.0 Å². The van der Waals surface area contributed by atoms with E-state index < -0.39 is 17.9 Å². The summed E-state index contributed by atoms with van der Waals surface area (Å²) in [5.41, 5.74) is 1.41. The molecule has 1 aliphatic rings. The minimum atomic E-state index is -0.930. The van der Waals surface area contributed by atoms with Gasteiger partial charge in [0.1, 0.15) is 12.1 Å². The van der Waals surface area contributed by atoms with Crippen LogP contribution in [-0.4, -0.2) is 64.4 Å². The van der Waals surface area contributed by atoms with Crippen LogP contribution in [0.3, 0.4) is 0 Å². The molecule has 1 aromatic carbocycles. The molecule has 202 valence electrons. The van der Waals surface area contributed by atoms with Gasteiger partial charge in [0.05, 0.1) is 18.1 Å². The molecular weight excluding hydrogens is 541 g/mol. The number of halogens is 2. The number of ether oxygens (including phenoxy) is 1. The van der Waals surface area contributed by atoms with Crippen molar-refractivity contribution >= 4 is 47.0 Å². The fraction of sp³-hybridized carbons (Fsp3) is 0.250. The largest absolute Gasteiger partial charge is 0.472 e. The third-order valence-corrected chi connectivity index (χ3v) is 6.44. The zero-order valence-corrected chi connectivity index (χ0v) is 22.4. The highest BCUT2D eigenvalue weighted by Crippen LogP contribution is 2.18. The van der Waals surface area contributed by atoms with Crippen LogP contribution in [0.5, 0.6) is 5.88 Å². The summed E-state index contributed by atoms with van der Waals surface area (Å²) >= 11 is 11.8. The van der Waals surface area contributed by atoms with E-state index in [4.69, 9.17) is 27.9 Å². The molecule has 3 amide bonds. The first-order valence-corrected chi connectivity index (χ1v) is 13.1. The number of hydrogen-bond donors (Lipinski definition) is 2. The Hall–Kier alpha value is -3.95. The average Bonchev–Trinajstić information content (AvgIpc) is 3.41. The van der Waals surface area contributed by atoms with Gasteiger partial charge in [0, 0.05) is 54.6 Å². The number of carbonyl (C=O) groups is 3. The van der Waals surface area contributed by atoms with Gasteiger partial charge >= 0.3 is 0 Å². The molecule has 2 aromatic heterocycles. The lowest BCUT2D eigenvalue weighted by atomic mass is 10.1. The summed E-state index contributed by atoms with van der Waals surface area (Å²) in [7, 11) is 0. The van der Waals surface area contributed by atoms with Crippen molar-refractivity contribution in [1.29, 1.82) is 0 Å². The van der Waals surface area contributed by atoms with Crippen molar-refractivity contribution in [3.05, 3.63) is 94.4 Å². The zero-order valence-electron chi connectivity index (χ0n) is 20.9. The maximum absolute atomic E-state index is 13.0. The van der Waals surface area contributed by atoms with Crippen molar-refractivity contribution in [2.75, 3.05) is 19.6 Å². The molecule has 2 atom stereocenters. The third kappa shape index (κ3) is 8.80. The summed E-state index contributed by atoms with van der Waals surface area (Å²) in [6.07, 6.45) is 6.67. The van der Waals surface area contributed by atoms with Crippen LogP contribution in [0.1, 0.15) is 17.7 Å². The molecule has 9 nitrogen and oxygen atoms in total. The van der Waals surface area contributed by atoms with Gasteiger partial charge < -0.3 is 20.3 Å². The van der Waals surface area contributed by atoms with E-state index in [1.807, 2.05) is 0 Å². The predicted molar refractivity (Wildman–Crippen MR) is 148 cm³/mol. The summed E-state index contributed by atoms with van der Waals surface area (Å²) in [4.78, 5) is 48.4. The number of hydrogen-bond acceptors (Lipinski definition) is 6. The van der Waals surface area contributed by atoms with Crippen molar-refractivity contribution in [2.24, 2.45) is 0 Å². The lowest BCUT2D eigenvalue weighted by molar-refractivity contribution is -0.133. The Morgan fingerprint density at radius 3 is 2.56 bits per heavy atom. The molecule has 0 spiro atoms. The molecule has 1 fully saturated rings. The van der Waals surface area contributed by atoms with Crippen LogP contribution >= 0.6 is 23.2 Å². The standard InChI is InChI=1S/C28H27Cl2N5O4/c29-20-7-4-19(5-8-20)6-10-25(36)34-24(15-22-3-1-2-13-31-22)28(38)33-17-27(37)35-14-12-23(18-35)39-26-11-9-21(30)16-32-26/h1-11,13,16,23-24H,12,14-15,17-18H2,(H,33,38)(H,34,36)/b10-6+/t23-,24-/m0/s1. The summed E-state index contributed by atoms with van der Waals surface area (Å²) in [6.45, 7) is 0.666. The van der Waals surface area contributed by atoms with Crippen molar-refractivity contribution < 1.29 is 19.1 Å². The Balaban J connectivity index is 1.31. The van der Waals surface area contributed by atoms with E-state index in [2.05, 4.69) is 20.6 Å². The smallest absolute Gasteiger partial charge is 0.244 e. The minimum Gasteiger partial charge on any atom is -0.472 e. The number of nitrogens with zero attached hydrogens (tertiary/aromatic N) is 3. The van der Waals surface area contributed by atoms with Crippen LogP contribution in [0.25, 0.3) is 6.08 Å². The number of carbonyl (C=O) groups excluding carboxylic acids is 3. The van der Waals surface area contributed by atoms with E-state index in [9.17, 15) is 14.4 Å². The first-order valence-electron chi connectivity index (χ1n) is 12.3. The van der Waals surface area contributed by atoms with Crippen LogP contribution in [0.4, 0.5) is 0 Å². The molecule has 39 heavy (non-hydrogen) atoms. The molecule has 4 rings (SSSR count). The second-order valence-corrected chi connectivity index (χ2v) is 9.74. The Morgan fingerprint density at radius 2 is 1.85 bits per heavy atom. The Morgan fingerprint density at radius 1 is 1.05 bits per heavy atom. The van der Waals surface area contributed by atoms with E-state index in [0.29, 0.717) is 41.1 Å². The van der Waals surface area contributed by atoms with Crippen molar-refractivity contribution in [3.63, 3.8) is 0 Å². The van der Waals surface area contributed by atoms with Gasteiger partial charge in [0.2, 0.25) is 23.6 Å². The lowest BCUT2D eigenvalue weighted by Crippen LogP contribution is -2.50. The number of pyridine rings is 2. The van der Waals surface area contributed by atoms with Gasteiger partial charge in [-0.25, -0.2) is 4.98 Å². The van der Waals surface area contributed by atoms with Gasteiger partial charge in [-0.1, -0.05) is 41.4 Å². The molecule has 3 aromatic rings. The topological polar surface area (TPSA) is 114 Å². The van der Waals surface area contributed by atoms with Gasteiger partial charge in [0.25, 0.3) is 0 Å². The van der Waals surface area contributed by atoms with Crippen molar-refractivity contribution in [1.82, 2.24) is 25.5 Å². The molecule has 0 unspecified atom stereocenters. The van der Waals surface area contributed by atoms with Crippen molar-refractivity contribution in [2.45, 2.75) is 25.0 Å². The number of amides is 3. The van der Waals surface area contributed by atoms with E-state index in [1.54, 1.807) is 71.8 Å². The molecule has 0 bridgehead atoms. The fourth-order valence-electron chi connectivity index (χ4n) is 3.95. The molecule has 11 heteroatoms. The number of rotatable bonds is 10.